The van der Waals surface area contributed by atoms with Gasteiger partial charge >= 0.3 is 0 Å². The number of rotatable bonds is 3. The van der Waals surface area contributed by atoms with E-state index in [0.717, 1.165) is 5.56 Å². The summed E-state index contributed by atoms with van der Waals surface area (Å²) >= 11 is 0. The first kappa shape index (κ1) is 20.7. The summed E-state index contributed by atoms with van der Waals surface area (Å²) in [5, 5.41) is 9.39. The van der Waals surface area contributed by atoms with E-state index in [0.29, 0.717) is 22.5 Å². The van der Waals surface area contributed by atoms with E-state index in [-0.39, 0.29) is 18.1 Å². The third-order valence-corrected chi connectivity index (χ3v) is 5.32. The van der Waals surface area contributed by atoms with Crippen LogP contribution < -0.4 is 5.73 Å². The number of halogens is 2. The van der Waals surface area contributed by atoms with E-state index in [1.54, 1.807) is 17.1 Å². The average Bonchev–Trinajstić information content (AvgIpc) is 3.26. The predicted octanol–water partition coefficient (Wildman–Crippen LogP) is 3.46. The van der Waals surface area contributed by atoms with Gasteiger partial charge in [0, 0.05) is 11.8 Å². The minimum atomic E-state index is -1.73. The van der Waals surface area contributed by atoms with Gasteiger partial charge in [0.15, 0.2) is 11.5 Å². The van der Waals surface area contributed by atoms with E-state index < -0.39 is 19.7 Å². The zero-order chi connectivity index (χ0) is 22.3. The number of hydrogen-bond donors (Lipinski definition) is 1. The summed E-state index contributed by atoms with van der Waals surface area (Å²) < 4.78 is 31.6. The Morgan fingerprint density at radius 1 is 1.13 bits per heavy atom. The minimum Gasteiger partial charge on any atom is -0.368 e. The molecule has 0 aliphatic rings. The highest BCUT2D eigenvalue weighted by atomic mass is 28.3. The second-order valence-corrected chi connectivity index (χ2v) is 13.0. The van der Waals surface area contributed by atoms with Crippen molar-refractivity contribution in [3.63, 3.8) is 0 Å². The highest BCUT2D eigenvalue weighted by Gasteiger charge is 2.21. The molecule has 0 spiro atoms. The zero-order valence-corrected chi connectivity index (χ0v) is 18.6. The fourth-order valence-corrected chi connectivity index (χ4v) is 3.54. The molecule has 0 saturated heterocycles. The lowest BCUT2D eigenvalue weighted by Crippen LogP contribution is -2.16. The molecule has 3 aromatic heterocycles. The summed E-state index contributed by atoms with van der Waals surface area (Å²) in [4.78, 5) is 8.67. The maximum absolute atomic E-state index is 14.3. The fourth-order valence-electron chi connectivity index (χ4n) is 3.04. The number of fused-ring (bicyclic) bond motifs is 1. The topological polar surface area (TPSA) is 87.4 Å². The second kappa shape index (κ2) is 7.59. The van der Waals surface area contributed by atoms with Gasteiger partial charge in [-0.3, -0.25) is 0 Å². The van der Waals surface area contributed by atoms with Gasteiger partial charge in [-0.25, -0.2) is 18.1 Å². The number of nitrogens with zero attached hydrogens (tertiary/aromatic N) is 6. The van der Waals surface area contributed by atoms with Gasteiger partial charge in [-0.05, 0) is 24.6 Å². The van der Waals surface area contributed by atoms with Gasteiger partial charge in [0.1, 0.15) is 25.4 Å². The van der Waals surface area contributed by atoms with Gasteiger partial charge in [0.25, 0.3) is 0 Å². The highest BCUT2D eigenvalue weighted by molar-refractivity contribution is 6.83. The summed E-state index contributed by atoms with van der Waals surface area (Å²) in [6, 6.07) is 3.73. The third-order valence-electron chi connectivity index (χ3n) is 4.44. The Labute approximate surface area is 178 Å². The van der Waals surface area contributed by atoms with Crippen molar-refractivity contribution in [1.82, 2.24) is 29.5 Å². The zero-order valence-electron chi connectivity index (χ0n) is 17.6. The number of aryl methyl sites for hydroxylation is 1. The first-order chi connectivity index (χ1) is 14.6. The number of nitrogen functional groups attached to an aromatic ring is 1. The molecule has 0 unspecified atom stereocenters. The van der Waals surface area contributed by atoms with Gasteiger partial charge in [-0.15, -0.1) is 5.54 Å². The Morgan fingerprint density at radius 2 is 1.84 bits per heavy atom. The maximum atomic E-state index is 14.3. The van der Waals surface area contributed by atoms with Crippen molar-refractivity contribution in [2.45, 2.75) is 33.1 Å². The maximum Gasteiger partial charge on any atom is 0.224 e. The number of hydrogen-bond acceptors (Lipinski definition) is 5. The average molecular weight is 438 g/mol. The second-order valence-electron chi connectivity index (χ2n) is 8.27. The van der Waals surface area contributed by atoms with E-state index in [1.165, 1.54) is 22.9 Å². The van der Waals surface area contributed by atoms with Crippen molar-refractivity contribution >= 4 is 25.1 Å². The largest absolute Gasteiger partial charge is 0.368 e. The van der Waals surface area contributed by atoms with Crippen LogP contribution in [-0.2, 0) is 6.54 Å². The Kier molecular flexibility index (Phi) is 5.06. The molecule has 0 atom stereocenters. The lowest BCUT2D eigenvalue weighted by Gasteiger charge is -2.07. The van der Waals surface area contributed by atoms with E-state index in [4.69, 9.17) is 5.73 Å². The van der Waals surface area contributed by atoms with Crippen LogP contribution in [0, 0.1) is 30.0 Å². The van der Waals surface area contributed by atoms with Gasteiger partial charge in [0.2, 0.25) is 5.95 Å². The molecule has 4 rings (SSSR count). The molecule has 0 radical (unpaired) electrons. The fraction of sp³-hybridized carbons (Fsp3) is 0.238. The van der Waals surface area contributed by atoms with Crippen molar-refractivity contribution in [3.05, 3.63) is 59.0 Å². The highest BCUT2D eigenvalue weighted by Crippen LogP contribution is 2.25. The van der Waals surface area contributed by atoms with Crippen LogP contribution in [0.4, 0.5) is 14.7 Å². The molecule has 31 heavy (non-hydrogen) atoms. The van der Waals surface area contributed by atoms with E-state index in [2.05, 4.69) is 51.3 Å². The van der Waals surface area contributed by atoms with Crippen molar-refractivity contribution < 1.29 is 8.78 Å². The van der Waals surface area contributed by atoms with Crippen LogP contribution in [0.25, 0.3) is 16.9 Å². The molecule has 0 bridgehead atoms. The Hall–Kier alpha value is -3.58. The molecule has 0 fully saturated rings. The summed E-state index contributed by atoms with van der Waals surface area (Å²) in [7, 11) is -1.73. The monoisotopic (exact) mass is 437 g/mol. The molecular weight excluding hydrogens is 416 g/mol. The van der Waals surface area contributed by atoms with Crippen LogP contribution in [-0.4, -0.2) is 37.6 Å². The number of nitrogens with two attached hydrogens (primary N) is 1. The molecule has 3 heterocycles. The summed E-state index contributed by atoms with van der Waals surface area (Å²) in [5.41, 5.74) is 10.8. The van der Waals surface area contributed by atoms with E-state index in [1.807, 2.05) is 6.92 Å². The Bertz CT molecular complexity index is 1340. The SMILES string of the molecule is Cc1cnn(-c2nc(N)nc3c2c(C#C[Si](C)(C)C)nn3Cc2c(F)cccc2F)c1. The third kappa shape index (κ3) is 4.18. The van der Waals surface area contributed by atoms with Crippen molar-refractivity contribution in [1.29, 1.82) is 0 Å². The molecule has 0 amide bonds. The lowest BCUT2D eigenvalue weighted by molar-refractivity contribution is 0.536. The number of benzene rings is 1. The Morgan fingerprint density at radius 3 is 2.45 bits per heavy atom. The molecule has 0 aliphatic carbocycles. The van der Waals surface area contributed by atoms with Gasteiger partial charge in [0.05, 0.1) is 18.1 Å². The van der Waals surface area contributed by atoms with Gasteiger partial charge < -0.3 is 5.73 Å². The quantitative estimate of drug-likeness (QED) is 0.392. The van der Waals surface area contributed by atoms with Gasteiger partial charge in [-0.2, -0.15) is 20.2 Å². The Balaban J connectivity index is 1.99. The van der Waals surface area contributed by atoms with Crippen molar-refractivity contribution in [2.24, 2.45) is 0 Å². The molecule has 7 nitrogen and oxygen atoms in total. The molecule has 0 saturated carbocycles. The standard InChI is InChI=1S/C21H21F2N7Si/c1-13-10-25-29(11-13)19-18-17(8-9-31(2,3)4)28-30(20(18)27-21(24)26-19)12-14-15(22)6-5-7-16(14)23/h5-7,10-11H,12H2,1-4H3,(H2,24,26,27). The number of aromatic nitrogens is 6. The molecule has 2 N–H and O–H groups in total. The summed E-state index contributed by atoms with van der Waals surface area (Å²) in [6.07, 6.45) is 3.49. The lowest BCUT2D eigenvalue weighted by atomic mass is 10.2. The molecular formula is C21H21F2N7Si. The van der Waals surface area contributed by atoms with Gasteiger partial charge in [-0.1, -0.05) is 31.6 Å². The molecule has 158 valence electrons. The summed E-state index contributed by atoms with van der Waals surface area (Å²) in [6.45, 7) is 8.07. The first-order valence-electron chi connectivity index (χ1n) is 9.64. The number of anilines is 1. The summed E-state index contributed by atoms with van der Waals surface area (Å²) in [5.74, 6) is 2.21. The van der Waals surface area contributed by atoms with Crippen LogP contribution in [0.2, 0.25) is 19.6 Å². The van der Waals surface area contributed by atoms with E-state index >= 15 is 0 Å². The van der Waals surface area contributed by atoms with Crippen LogP contribution in [0.1, 0.15) is 16.8 Å². The molecule has 0 aliphatic heterocycles. The van der Waals surface area contributed by atoms with E-state index in [9.17, 15) is 8.78 Å². The van der Waals surface area contributed by atoms with Crippen molar-refractivity contribution in [2.75, 3.05) is 5.73 Å². The molecule has 1 aromatic carbocycles. The van der Waals surface area contributed by atoms with Crippen molar-refractivity contribution in [3.8, 4) is 17.3 Å². The van der Waals surface area contributed by atoms with Crippen LogP contribution in [0.15, 0.2) is 30.6 Å². The van der Waals surface area contributed by atoms with Crippen LogP contribution in [0.5, 0.6) is 0 Å². The predicted molar refractivity (Wildman–Crippen MR) is 117 cm³/mol. The molecule has 4 aromatic rings. The molecule has 10 heteroatoms. The smallest absolute Gasteiger partial charge is 0.224 e. The minimum absolute atomic E-state index is 0.00415. The first-order valence-corrected chi connectivity index (χ1v) is 13.1. The van der Waals surface area contributed by atoms with Crippen LogP contribution in [0.3, 0.4) is 0 Å². The van der Waals surface area contributed by atoms with Crippen LogP contribution >= 0.6 is 0 Å². The normalized spacial score (nSPS) is 11.5.